The maximum atomic E-state index is 12.0. The molecule has 0 bridgehead atoms. The normalized spacial score (nSPS) is 19.8. The van der Waals surface area contributed by atoms with E-state index in [0.29, 0.717) is 24.4 Å². The molecule has 168 valence electrons. The average molecular weight is 451 g/mol. The van der Waals surface area contributed by atoms with Gasteiger partial charge in [0.05, 0.1) is 12.2 Å². The lowest BCUT2D eigenvalue weighted by atomic mass is 10.1. The fraction of sp³-hybridized carbons (Fsp3) is 0.636. The van der Waals surface area contributed by atoms with E-state index in [1.165, 1.54) is 0 Å². The zero-order valence-corrected chi connectivity index (χ0v) is 22.3. The molecule has 0 aliphatic carbocycles. The minimum atomic E-state index is -1.56. The number of rotatable bonds is 7. The van der Waals surface area contributed by atoms with Gasteiger partial charge in [-0.15, -0.1) is 0 Å². The molecule has 0 saturated carbocycles. The standard InChI is InChI=1S/C22H38N2O4Si2/c1-15(16-12-14-26-19(16)25)24-18-17(11-10-13-23-18)20(27-29(8)21(2,3)4)28-30(9)22(5,6)7/h10-11,13,20,29-30H,12,14H2,1-9H3,(H,23,24). The molecule has 6 nitrogen and oxygen atoms in total. The molecular weight excluding hydrogens is 412 g/mol. The summed E-state index contributed by atoms with van der Waals surface area (Å²) in [5.74, 6) is 0.404. The number of nitrogens with one attached hydrogen (secondary N) is 1. The highest BCUT2D eigenvalue weighted by atomic mass is 28.3. The molecule has 1 saturated heterocycles. The minimum Gasteiger partial charge on any atom is -0.462 e. The third-order valence-corrected chi connectivity index (χ3v) is 12.0. The second-order valence-corrected chi connectivity index (χ2v) is 16.8. The summed E-state index contributed by atoms with van der Waals surface area (Å²) in [6, 6.07) is 3.90. The lowest BCUT2D eigenvalue weighted by Crippen LogP contribution is -2.34. The van der Waals surface area contributed by atoms with Crippen LogP contribution in [0.1, 0.15) is 66.7 Å². The molecule has 2 unspecified atom stereocenters. The zero-order chi connectivity index (χ0) is 22.7. The first-order chi connectivity index (χ1) is 13.8. The van der Waals surface area contributed by atoms with Gasteiger partial charge in [-0.3, -0.25) is 0 Å². The van der Waals surface area contributed by atoms with Crippen LogP contribution in [0.4, 0.5) is 5.82 Å². The molecule has 1 aromatic heterocycles. The average Bonchev–Trinajstić information content (AvgIpc) is 3.06. The summed E-state index contributed by atoms with van der Waals surface area (Å²) >= 11 is 0. The van der Waals surface area contributed by atoms with Gasteiger partial charge in [0.1, 0.15) is 5.82 Å². The minimum absolute atomic E-state index is 0.107. The summed E-state index contributed by atoms with van der Waals surface area (Å²) < 4.78 is 18.3. The van der Waals surface area contributed by atoms with E-state index in [9.17, 15) is 4.79 Å². The van der Waals surface area contributed by atoms with Crippen LogP contribution in [0.15, 0.2) is 29.6 Å². The summed E-state index contributed by atoms with van der Waals surface area (Å²) in [5.41, 5.74) is 2.30. The van der Waals surface area contributed by atoms with Gasteiger partial charge in [-0.05, 0) is 42.2 Å². The van der Waals surface area contributed by atoms with Gasteiger partial charge in [-0.25, -0.2) is 9.78 Å². The number of aromatic nitrogens is 1. The number of anilines is 1. The highest BCUT2D eigenvalue weighted by Crippen LogP contribution is 2.37. The summed E-state index contributed by atoms with van der Waals surface area (Å²) in [6.07, 6.45) is 1.87. The molecule has 1 aliphatic rings. The number of cyclic esters (lactones) is 1. The van der Waals surface area contributed by atoms with Gasteiger partial charge >= 0.3 is 5.97 Å². The monoisotopic (exact) mass is 450 g/mol. The first-order valence-electron chi connectivity index (χ1n) is 10.7. The van der Waals surface area contributed by atoms with Gasteiger partial charge in [-0.1, -0.05) is 41.5 Å². The molecule has 2 rings (SSSR count). The SMILES string of the molecule is CC(Nc1ncccc1C(O[SiH](C)C(C)(C)C)O[SiH](C)C(C)(C)C)=C1CCOC1=O. The van der Waals surface area contributed by atoms with Crippen molar-refractivity contribution in [1.29, 1.82) is 0 Å². The molecule has 0 amide bonds. The number of carbonyl (C=O) groups is 1. The van der Waals surface area contributed by atoms with Crippen molar-refractivity contribution in [3.63, 3.8) is 0 Å². The van der Waals surface area contributed by atoms with E-state index < -0.39 is 24.4 Å². The maximum absolute atomic E-state index is 12.0. The Kier molecular flexibility index (Phi) is 8.06. The van der Waals surface area contributed by atoms with Crippen molar-refractivity contribution < 1.29 is 18.4 Å². The van der Waals surface area contributed by atoms with Crippen molar-refractivity contribution in [2.24, 2.45) is 0 Å². The number of nitrogens with zero attached hydrogens (tertiary/aromatic N) is 1. The molecule has 0 aromatic carbocycles. The number of hydrogen-bond donors (Lipinski definition) is 1. The lowest BCUT2D eigenvalue weighted by molar-refractivity contribution is -0.135. The van der Waals surface area contributed by atoms with E-state index in [1.807, 2.05) is 19.1 Å². The van der Waals surface area contributed by atoms with Crippen molar-refractivity contribution in [2.75, 3.05) is 11.9 Å². The van der Waals surface area contributed by atoms with E-state index >= 15 is 0 Å². The smallest absolute Gasteiger partial charge is 0.335 e. The van der Waals surface area contributed by atoms with Gasteiger partial charge < -0.3 is 18.9 Å². The summed E-state index contributed by atoms with van der Waals surface area (Å²) in [4.78, 5) is 16.5. The van der Waals surface area contributed by atoms with Crippen molar-refractivity contribution >= 4 is 29.9 Å². The molecule has 1 aliphatic heterocycles. The van der Waals surface area contributed by atoms with Gasteiger partial charge in [0.25, 0.3) is 0 Å². The van der Waals surface area contributed by atoms with Gasteiger partial charge in [0.15, 0.2) is 24.4 Å². The molecule has 0 radical (unpaired) electrons. The van der Waals surface area contributed by atoms with Crippen molar-refractivity contribution in [3.05, 3.63) is 35.2 Å². The molecule has 1 aromatic rings. The highest BCUT2D eigenvalue weighted by Gasteiger charge is 2.33. The summed E-state index contributed by atoms with van der Waals surface area (Å²) in [6.45, 7) is 20.0. The molecule has 0 spiro atoms. The zero-order valence-electron chi connectivity index (χ0n) is 20.0. The van der Waals surface area contributed by atoms with Crippen LogP contribution in [0.5, 0.6) is 0 Å². The Balaban J connectivity index is 2.39. The number of hydrogen-bond acceptors (Lipinski definition) is 6. The fourth-order valence-electron chi connectivity index (χ4n) is 2.70. The van der Waals surface area contributed by atoms with Gasteiger partial charge in [-0.2, -0.15) is 0 Å². The first kappa shape index (κ1) is 24.8. The van der Waals surface area contributed by atoms with Crippen LogP contribution >= 0.6 is 0 Å². The summed E-state index contributed by atoms with van der Waals surface area (Å²) in [7, 11) is -3.13. The molecule has 2 atom stereocenters. The van der Waals surface area contributed by atoms with Crippen LogP contribution in [0.2, 0.25) is 23.2 Å². The van der Waals surface area contributed by atoms with Crippen LogP contribution in [-0.4, -0.2) is 35.6 Å². The Bertz CT molecular complexity index is 762. The molecule has 2 heterocycles. The Labute approximate surface area is 184 Å². The topological polar surface area (TPSA) is 69.7 Å². The van der Waals surface area contributed by atoms with E-state index in [2.05, 4.69) is 64.9 Å². The number of allylic oxidation sites excluding steroid dienone is 1. The first-order valence-corrected chi connectivity index (χ1v) is 15.1. The Hall–Kier alpha value is -1.49. The van der Waals surface area contributed by atoms with Gasteiger partial charge in [0, 0.05) is 23.9 Å². The van der Waals surface area contributed by atoms with Crippen molar-refractivity contribution in [3.8, 4) is 0 Å². The van der Waals surface area contributed by atoms with Crippen molar-refractivity contribution in [1.82, 2.24) is 4.98 Å². The number of ether oxygens (including phenoxy) is 1. The quantitative estimate of drug-likeness (QED) is 0.271. The lowest BCUT2D eigenvalue weighted by Gasteiger charge is -2.35. The largest absolute Gasteiger partial charge is 0.462 e. The highest BCUT2D eigenvalue weighted by molar-refractivity contribution is 6.55. The predicted octanol–water partition coefficient (Wildman–Crippen LogP) is 5.05. The van der Waals surface area contributed by atoms with Gasteiger partial charge in [0.2, 0.25) is 0 Å². The molecule has 8 heteroatoms. The third kappa shape index (κ3) is 6.50. The number of esters is 1. The Morgan fingerprint density at radius 3 is 2.17 bits per heavy atom. The molecule has 1 fully saturated rings. The van der Waals surface area contributed by atoms with Crippen LogP contribution in [0.3, 0.4) is 0 Å². The maximum Gasteiger partial charge on any atom is 0.335 e. The Morgan fingerprint density at radius 1 is 1.13 bits per heavy atom. The fourth-order valence-corrected chi connectivity index (χ4v) is 4.81. The predicted molar refractivity (Wildman–Crippen MR) is 127 cm³/mol. The van der Waals surface area contributed by atoms with E-state index in [1.54, 1.807) is 6.20 Å². The molecule has 30 heavy (non-hydrogen) atoms. The number of carbonyl (C=O) groups excluding carboxylic acids is 1. The van der Waals surface area contributed by atoms with E-state index in [0.717, 1.165) is 11.3 Å². The second kappa shape index (κ2) is 9.76. The van der Waals surface area contributed by atoms with Crippen LogP contribution in [0, 0.1) is 0 Å². The molecule has 1 N–H and O–H groups in total. The van der Waals surface area contributed by atoms with Crippen LogP contribution < -0.4 is 5.32 Å². The number of pyridine rings is 1. The second-order valence-electron chi connectivity index (χ2n) is 10.2. The summed E-state index contributed by atoms with van der Waals surface area (Å²) in [5, 5.41) is 3.54. The molecular formula is C22H38N2O4Si2. The third-order valence-electron chi connectivity index (χ3n) is 5.78. The van der Waals surface area contributed by atoms with E-state index in [-0.39, 0.29) is 16.0 Å². The van der Waals surface area contributed by atoms with E-state index in [4.69, 9.17) is 13.6 Å². The Morgan fingerprint density at radius 2 is 1.70 bits per heavy atom. The van der Waals surface area contributed by atoms with Crippen molar-refractivity contribution in [2.45, 2.75) is 84.3 Å². The van der Waals surface area contributed by atoms with Crippen LogP contribution in [-0.2, 0) is 18.4 Å². The van der Waals surface area contributed by atoms with Crippen LogP contribution in [0.25, 0.3) is 0 Å².